The topological polar surface area (TPSA) is 41.8 Å². The molecule has 3 atom stereocenters. The zero-order valence-corrected chi connectivity index (χ0v) is 17.0. The van der Waals surface area contributed by atoms with Crippen LogP contribution in [0.2, 0.25) is 0 Å². The summed E-state index contributed by atoms with van der Waals surface area (Å²) in [5.74, 6) is 0.263. The molecule has 2 aliphatic heterocycles. The van der Waals surface area contributed by atoms with Gasteiger partial charge in [0.05, 0.1) is 42.7 Å². The molecule has 0 saturated carbocycles. The van der Waals surface area contributed by atoms with Crippen molar-refractivity contribution in [3.8, 4) is 0 Å². The third kappa shape index (κ3) is 2.65. The quantitative estimate of drug-likeness (QED) is 0.727. The number of likely N-dealkylation sites (N-methyl/N-ethyl adjacent to an activating group) is 1. The van der Waals surface area contributed by atoms with E-state index in [1.807, 2.05) is 48.5 Å². The SMILES string of the molecule is Cc1ccc2c(c1)[C@H]1C[NH+](C)CC[C@@H]1N2S(=O)(=O)c1ccc2ccccc2c1. The van der Waals surface area contributed by atoms with E-state index in [9.17, 15) is 8.42 Å². The Hall–Kier alpha value is -2.37. The van der Waals surface area contributed by atoms with Gasteiger partial charge >= 0.3 is 0 Å². The van der Waals surface area contributed by atoms with Gasteiger partial charge in [-0.15, -0.1) is 0 Å². The number of fused-ring (bicyclic) bond motifs is 4. The van der Waals surface area contributed by atoms with Crippen LogP contribution in [0.4, 0.5) is 5.69 Å². The van der Waals surface area contributed by atoms with Crippen molar-refractivity contribution in [1.29, 1.82) is 0 Å². The lowest BCUT2D eigenvalue weighted by molar-refractivity contribution is -0.886. The van der Waals surface area contributed by atoms with Crippen LogP contribution in [0.3, 0.4) is 0 Å². The van der Waals surface area contributed by atoms with Crippen molar-refractivity contribution in [2.45, 2.75) is 30.2 Å². The van der Waals surface area contributed by atoms with Crippen LogP contribution in [0.1, 0.15) is 23.5 Å². The molecule has 1 unspecified atom stereocenters. The molecule has 0 spiro atoms. The summed E-state index contributed by atoms with van der Waals surface area (Å²) in [6.07, 6.45) is 0.886. The molecule has 0 bridgehead atoms. The molecular weight excluding hydrogens is 368 g/mol. The van der Waals surface area contributed by atoms with E-state index in [1.54, 1.807) is 10.4 Å². The molecule has 1 N–H and O–H groups in total. The first-order valence-corrected chi connectivity index (χ1v) is 11.3. The van der Waals surface area contributed by atoms with E-state index in [0.717, 1.165) is 36.0 Å². The Morgan fingerprint density at radius 2 is 1.79 bits per heavy atom. The first-order chi connectivity index (χ1) is 13.4. The highest BCUT2D eigenvalue weighted by Gasteiger charge is 2.48. The molecule has 2 heterocycles. The highest BCUT2D eigenvalue weighted by atomic mass is 32.2. The van der Waals surface area contributed by atoms with Crippen molar-refractivity contribution < 1.29 is 13.3 Å². The van der Waals surface area contributed by atoms with Crippen molar-refractivity contribution in [2.24, 2.45) is 0 Å². The molecule has 0 amide bonds. The minimum Gasteiger partial charge on any atom is -0.337 e. The predicted molar refractivity (Wildman–Crippen MR) is 113 cm³/mol. The summed E-state index contributed by atoms with van der Waals surface area (Å²) in [6.45, 7) is 4.05. The number of nitrogens with one attached hydrogen (secondary N) is 1. The van der Waals surface area contributed by atoms with Gasteiger partial charge in [0.1, 0.15) is 0 Å². The normalized spacial score (nSPS) is 24.2. The van der Waals surface area contributed by atoms with E-state index in [4.69, 9.17) is 0 Å². The second-order valence-corrected chi connectivity index (χ2v) is 10.1. The largest absolute Gasteiger partial charge is 0.337 e. The predicted octanol–water partition coefficient (Wildman–Crippen LogP) is 2.73. The second-order valence-electron chi connectivity index (χ2n) is 8.25. The van der Waals surface area contributed by atoms with Crippen LogP contribution in [0.5, 0.6) is 0 Å². The van der Waals surface area contributed by atoms with Gasteiger partial charge < -0.3 is 4.90 Å². The Morgan fingerprint density at radius 3 is 2.61 bits per heavy atom. The van der Waals surface area contributed by atoms with Crippen LogP contribution < -0.4 is 9.21 Å². The smallest absolute Gasteiger partial charge is 0.264 e. The van der Waals surface area contributed by atoms with Gasteiger partial charge in [0, 0.05) is 6.42 Å². The van der Waals surface area contributed by atoms with Crippen LogP contribution in [-0.4, -0.2) is 34.6 Å². The fraction of sp³-hybridized carbons (Fsp3) is 0.304. The second kappa shape index (κ2) is 6.33. The van der Waals surface area contributed by atoms with Gasteiger partial charge in [-0.25, -0.2) is 8.42 Å². The van der Waals surface area contributed by atoms with Crippen LogP contribution in [-0.2, 0) is 10.0 Å². The molecule has 3 aromatic rings. The van der Waals surface area contributed by atoms with Crippen molar-refractivity contribution in [1.82, 2.24) is 0 Å². The monoisotopic (exact) mass is 393 g/mol. The van der Waals surface area contributed by atoms with Gasteiger partial charge in [-0.3, -0.25) is 4.31 Å². The molecule has 144 valence electrons. The summed E-state index contributed by atoms with van der Waals surface area (Å²) in [7, 11) is -1.42. The van der Waals surface area contributed by atoms with Gasteiger partial charge in [0.2, 0.25) is 0 Å². The minimum absolute atomic E-state index is 0.0111. The third-order valence-electron chi connectivity index (χ3n) is 6.30. The van der Waals surface area contributed by atoms with Crippen molar-refractivity contribution in [3.63, 3.8) is 0 Å². The summed E-state index contributed by atoms with van der Waals surface area (Å²) < 4.78 is 29.3. The van der Waals surface area contributed by atoms with Crippen LogP contribution in [0.15, 0.2) is 65.6 Å². The standard InChI is InChI=1S/C23H24N2O2S/c1-16-7-10-22-20(13-16)21-15-24(2)12-11-23(21)25(22)28(26,27)19-9-8-17-5-3-4-6-18(17)14-19/h3-10,13-14,21,23H,11-12,15H2,1-2H3/p+1/t21-,23+/m1/s1. The van der Waals surface area contributed by atoms with Crippen molar-refractivity contribution >= 4 is 26.5 Å². The maximum Gasteiger partial charge on any atom is 0.264 e. The highest BCUT2D eigenvalue weighted by Crippen LogP contribution is 2.45. The Balaban J connectivity index is 1.66. The number of anilines is 1. The molecule has 4 nitrogen and oxygen atoms in total. The summed E-state index contributed by atoms with van der Waals surface area (Å²) >= 11 is 0. The number of rotatable bonds is 2. The number of piperidine rings is 1. The maximum absolute atomic E-state index is 13.8. The van der Waals surface area contributed by atoms with Gasteiger partial charge in [0.15, 0.2) is 0 Å². The molecule has 3 aromatic carbocycles. The number of quaternary nitrogens is 1. The lowest BCUT2D eigenvalue weighted by Gasteiger charge is -2.34. The van der Waals surface area contributed by atoms with Crippen LogP contribution >= 0.6 is 0 Å². The molecule has 5 rings (SSSR count). The van der Waals surface area contributed by atoms with Gasteiger partial charge in [-0.1, -0.05) is 48.0 Å². The number of benzene rings is 3. The van der Waals surface area contributed by atoms with E-state index >= 15 is 0 Å². The fourth-order valence-electron chi connectivity index (χ4n) is 4.91. The molecular formula is C23H25N2O2S+. The third-order valence-corrected chi connectivity index (χ3v) is 8.13. The van der Waals surface area contributed by atoms with Crippen molar-refractivity contribution in [2.75, 3.05) is 24.4 Å². The highest BCUT2D eigenvalue weighted by molar-refractivity contribution is 7.93. The van der Waals surface area contributed by atoms with Crippen molar-refractivity contribution in [3.05, 3.63) is 71.8 Å². The van der Waals surface area contributed by atoms with E-state index in [0.29, 0.717) is 4.90 Å². The van der Waals surface area contributed by atoms with Gasteiger partial charge in [-0.05, 0) is 41.5 Å². The number of aryl methyl sites for hydroxylation is 1. The minimum atomic E-state index is -3.62. The zero-order chi connectivity index (χ0) is 19.5. The maximum atomic E-state index is 13.8. The number of hydrogen-bond donors (Lipinski definition) is 1. The Bertz CT molecular complexity index is 1170. The van der Waals surface area contributed by atoms with E-state index in [1.165, 1.54) is 16.0 Å². The van der Waals surface area contributed by atoms with Crippen LogP contribution in [0, 0.1) is 6.92 Å². The van der Waals surface area contributed by atoms with Gasteiger partial charge in [0.25, 0.3) is 10.0 Å². The number of hydrogen-bond acceptors (Lipinski definition) is 2. The van der Waals surface area contributed by atoms with Gasteiger partial charge in [-0.2, -0.15) is 0 Å². The molecule has 1 fully saturated rings. The summed E-state index contributed by atoms with van der Waals surface area (Å²) in [5, 5.41) is 2.01. The van der Waals surface area contributed by atoms with E-state index < -0.39 is 10.0 Å². The first-order valence-electron chi connectivity index (χ1n) is 9.90. The Labute approximate surface area is 166 Å². The Kier molecular flexibility index (Phi) is 4.00. The molecule has 28 heavy (non-hydrogen) atoms. The van der Waals surface area contributed by atoms with Crippen LogP contribution in [0.25, 0.3) is 10.8 Å². The molecule has 0 radical (unpaired) electrons. The molecule has 1 saturated heterocycles. The number of likely N-dealkylation sites (tertiary alicyclic amines) is 1. The molecule has 0 aromatic heterocycles. The zero-order valence-electron chi connectivity index (χ0n) is 16.2. The Morgan fingerprint density at radius 1 is 1.00 bits per heavy atom. The van der Waals surface area contributed by atoms with E-state index in [2.05, 4.69) is 20.0 Å². The average molecular weight is 394 g/mol. The molecule has 5 heteroatoms. The average Bonchev–Trinajstić information content (AvgIpc) is 3.01. The number of sulfonamides is 1. The molecule has 2 aliphatic rings. The molecule has 0 aliphatic carbocycles. The lowest BCUT2D eigenvalue weighted by Crippen LogP contribution is -3.11. The first kappa shape index (κ1) is 17.7. The summed E-state index contributed by atoms with van der Waals surface area (Å²) in [6, 6.07) is 19.6. The number of nitrogens with zero attached hydrogens (tertiary/aromatic N) is 1. The lowest BCUT2D eigenvalue weighted by atomic mass is 9.89. The summed E-state index contributed by atoms with van der Waals surface area (Å²) in [5.41, 5.74) is 3.24. The van der Waals surface area contributed by atoms with E-state index in [-0.39, 0.29) is 12.0 Å². The fourth-order valence-corrected chi connectivity index (χ4v) is 6.68. The summed E-state index contributed by atoms with van der Waals surface area (Å²) in [4.78, 5) is 1.85.